The van der Waals surface area contributed by atoms with E-state index < -0.39 is 30.5 Å². The van der Waals surface area contributed by atoms with Crippen molar-refractivity contribution in [2.24, 2.45) is 0 Å². The molecule has 1 aromatic rings. The summed E-state index contributed by atoms with van der Waals surface area (Å²) in [7, 11) is 4.08. The highest BCUT2D eigenvalue weighted by Gasteiger charge is 2.44. The maximum Gasteiger partial charge on any atom is 0.126 e. The van der Waals surface area contributed by atoms with E-state index in [0.29, 0.717) is 11.3 Å². The SMILES string of the molecule is COc1cc([C@@H](O)[C@H]2O[C@@H](C)[C@H](O)[C@@H]2O)ccc1P. The van der Waals surface area contributed by atoms with E-state index >= 15 is 0 Å². The van der Waals surface area contributed by atoms with E-state index in [-0.39, 0.29) is 0 Å². The standard InChI is InChI=1S/C13H19O5P/c1-6-10(14)12(16)13(18-6)11(15)7-3-4-9(19)8(5-7)17-2/h3-6,10-16H,19H2,1-2H3/t6-,10-,11+,12-,13+/m0/s1. The van der Waals surface area contributed by atoms with Crippen molar-refractivity contribution >= 4 is 14.5 Å². The summed E-state index contributed by atoms with van der Waals surface area (Å²) in [6.07, 6.45) is -4.45. The molecule has 1 unspecified atom stereocenters. The van der Waals surface area contributed by atoms with Crippen LogP contribution >= 0.6 is 9.24 Å². The molecule has 0 spiro atoms. The summed E-state index contributed by atoms with van der Waals surface area (Å²) in [6, 6.07) is 5.22. The first-order valence-electron chi connectivity index (χ1n) is 6.08. The molecule has 0 aromatic heterocycles. The molecule has 106 valence electrons. The fourth-order valence-electron chi connectivity index (χ4n) is 2.24. The smallest absolute Gasteiger partial charge is 0.126 e. The first kappa shape index (κ1) is 14.7. The lowest BCUT2D eigenvalue weighted by Crippen LogP contribution is -2.35. The monoisotopic (exact) mass is 286 g/mol. The predicted molar refractivity (Wildman–Crippen MR) is 73.6 cm³/mol. The highest BCUT2D eigenvalue weighted by atomic mass is 31.0. The normalized spacial score (nSPS) is 32.3. The molecule has 6 heteroatoms. The molecule has 0 saturated carbocycles. The van der Waals surface area contributed by atoms with Crippen molar-refractivity contribution in [2.75, 3.05) is 7.11 Å². The Kier molecular flexibility index (Phi) is 4.43. The third-order valence-electron chi connectivity index (χ3n) is 3.45. The maximum atomic E-state index is 10.3. The Balaban J connectivity index is 2.22. The molecule has 0 radical (unpaired) electrons. The van der Waals surface area contributed by atoms with Crippen LogP contribution in [0.5, 0.6) is 5.75 Å². The molecule has 1 saturated heterocycles. The Morgan fingerprint density at radius 3 is 2.53 bits per heavy atom. The van der Waals surface area contributed by atoms with E-state index in [4.69, 9.17) is 9.47 Å². The first-order chi connectivity index (χ1) is 8.95. The Bertz CT molecular complexity index is 453. The van der Waals surface area contributed by atoms with Crippen LogP contribution in [0, 0.1) is 0 Å². The van der Waals surface area contributed by atoms with Gasteiger partial charge in [-0.1, -0.05) is 12.1 Å². The van der Waals surface area contributed by atoms with Gasteiger partial charge in [0.15, 0.2) is 0 Å². The van der Waals surface area contributed by atoms with Gasteiger partial charge in [-0.15, -0.1) is 9.24 Å². The van der Waals surface area contributed by atoms with Crippen LogP contribution in [0.1, 0.15) is 18.6 Å². The molecular weight excluding hydrogens is 267 g/mol. The summed E-state index contributed by atoms with van der Waals surface area (Å²) < 4.78 is 10.6. The van der Waals surface area contributed by atoms with Crippen molar-refractivity contribution in [1.29, 1.82) is 0 Å². The highest BCUT2D eigenvalue weighted by Crippen LogP contribution is 2.31. The molecule has 5 nitrogen and oxygen atoms in total. The minimum atomic E-state index is -1.10. The van der Waals surface area contributed by atoms with Crippen molar-refractivity contribution in [3.05, 3.63) is 23.8 Å². The zero-order valence-electron chi connectivity index (χ0n) is 10.9. The quantitative estimate of drug-likeness (QED) is 0.667. The largest absolute Gasteiger partial charge is 0.496 e. The molecule has 1 heterocycles. The van der Waals surface area contributed by atoms with E-state index in [2.05, 4.69) is 9.24 Å². The van der Waals surface area contributed by atoms with Gasteiger partial charge in [-0.2, -0.15) is 0 Å². The fourth-order valence-corrected chi connectivity index (χ4v) is 2.54. The van der Waals surface area contributed by atoms with Crippen LogP contribution in [0.25, 0.3) is 0 Å². The van der Waals surface area contributed by atoms with Crippen molar-refractivity contribution in [3.63, 3.8) is 0 Å². The molecule has 0 amide bonds. The van der Waals surface area contributed by atoms with Crippen LogP contribution < -0.4 is 10.0 Å². The summed E-state index contributed by atoms with van der Waals surface area (Å²) in [5.41, 5.74) is 0.577. The van der Waals surface area contributed by atoms with Gasteiger partial charge in [0, 0.05) is 5.30 Å². The molecule has 0 bridgehead atoms. The number of hydrogen-bond acceptors (Lipinski definition) is 5. The second-order valence-electron chi connectivity index (χ2n) is 4.73. The van der Waals surface area contributed by atoms with Gasteiger partial charge in [0.25, 0.3) is 0 Å². The van der Waals surface area contributed by atoms with Crippen LogP contribution in [-0.4, -0.2) is 46.8 Å². The summed E-state index contributed by atoms with van der Waals surface area (Å²) in [5, 5.41) is 30.7. The molecular formula is C13H19O5P. The Labute approximate surface area is 114 Å². The van der Waals surface area contributed by atoms with Crippen LogP contribution in [0.4, 0.5) is 0 Å². The Morgan fingerprint density at radius 1 is 1.32 bits per heavy atom. The van der Waals surface area contributed by atoms with E-state index in [1.165, 1.54) is 0 Å². The average Bonchev–Trinajstić information content (AvgIpc) is 2.66. The second kappa shape index (κ2) is 5.73. The number of hydrogen-bond donors (Lipinski definition) is 3. The first-order valence-corrected chi connectivity index (χ1v) is 6.66. The number of benzene rings is 1. The number of methoxy groups -OCH3 is 1. The Hall–Kier alpha value is -0.710. The lowest BCUT2D eigenvalue weighted by Gasteiger charge is -2.22. The number of ether oxygens (including phenoxy) is 2. The van der Waals surface area contributed by atoms with Crippen molar-refractivity contribution in [2.45, 2.75) is 37.4 Å². The summed E-state index contributed by atoms with van der Waals surface area (Å²) in [5.74, 6) is 0.627. The summed E-state index contributed by atoms with van der Waals surface area (Å²) >= 11 is 0. The molecule has 2 rings (SSSR count). The average molecular weight is 286 g/mol. The van der Waals surface area contributed by atoms with Crippen molar-refractivity contribution in [3.8, 4) is 5.75 Å². The fraction of sp³-hybridized carbons (Fsp3) is 0.538. The van der Waals surface area contributed by atoms with E-state index in [1.807, 2.05) is 0 Å². The number of aliphatic hydroxyl groups excluding tert-OH is 3. The summed E-state index contributed by atoms with van der Waals surface area (Å²) in [4.78, 5) is 0. The molecule has 3 N–H and O–H groups in total. The van der Waals surface area contributed by atoms with Gasteiger partial charge >= 0.3 is 0 Å². The Morgan fingerprint density at radius 2 is 2.00 bits per heavy atom. The third kappa shape index (κ3) is 2.76. The molecule has 1 aliphatic rings. The van der Waals surface area contributed by atoms with Gasteiger partial charge in [0.1, 0.15) is 30.2 Å². The van der Waals surface area contributed by atoms with Crippen LogP contribution in [0.2, 0.25) is 0 Å². The lowest BCUT2D eigenvalue weighted by molar-refractivity contribution is -0.0636. The molecule has 1 aromatic carbocycles. The van der Waals surface area contributed by atoms with Gasteiger partial charge in [-0.25, -0.2) is 0 Å². The van der Waals surface area contributed by atoms with Crippen LogP contribution in [0.15, 0.2) is 18.2 Å². The van der Waals surface area contributed by atoms with Gasteiger partial charge in [-0.05, 0) is 18.6 Å². The van der Waals surface area contributed by atoms with E-state index in [9.17, 15) is 15.3 Å². The van der Waals surface area contributed by atoms with Crippen molar-refractivity contribution < 1.29 is 24.8 Å². The maximum absolute atomic E-state index is 10.3. The molecule has 0 aliphatic carbocycles. The van der Waals surface area contributed by atoms with E-state index in [0.717, 1.165) is 5.30 Å². The van der Waals surface area contributed by atoms with Gasteiger partial charge in [0.05, 0.1) is 13.2 Å². The van der Waals surface area contributed by atoms with Gasteiger partial charge in [-0.3, -0.25) is 0 Å². The molecule has 6 atom stereocenters. The van der Waals surface area contributed by atoms with Crippen LogP contribution in [0.3, 0.4) is 0 Å². The molecule has 1 aliphatic heterocycles. The minimum absolute atomic E-state index is 0.502. The second-order valence-corrected chi connectivity index (χ2v) is 5.36. The molecule has 1 fully saturated rings. The number of aliphatic hydroxyl groups is 3. The van der Waals surface area contributed by atoms with Crippen LogP contribution in [-0.2, 0) is 4.74 Å². The number of rotatable bonds is 3. The summed E-state index contributed by atoms with van der Waals surface area (Å²) in [6.45, 7) is 1.66. The zero-order valence-corrected chi connectivity index (χ0v) is 12.0. The minimum Gasteiger partial charge on any atom is -0.496 e. The molecule has 19 heavy (non-hydrogen) atoms. The van der Waals surface area contributed by atoms with Gasteiger partial charge < -0.3 is 24.8 Å². The van der Waals surface area contributed by atoms with E-state index in [1.54, 1.807) is 32.2 Å². The topological polar surface area (TPSA) is 79.2 Å². The lowest BCUT2D eigenvalue weighted by atomic mass is 9.98. The third-order valence-corrected chi connectivity index (χ3v) is 3.93. The highest BCUT2D eigenvalue weighted by molar-refractivity contribution is 7.27. The predicted octanol–water partition coefficient (Wildman–Crippen LogP) is -0.262. The van der Waals surface area contributed by atoms with Gasteiger partial charge in [0.2, 0.25) is 0 Å². The zero-order chi connectivity index (χ0) is 14.2. The van der Waals surface area contributed by atoms with Crippen molar-refractivity contribution in [1.82, 2.24) is 0 Å².